The van der Waals surface area contributed by atoms with Crippen LogP contribution in [0.3, 0.4) is 0 Å². The van der Waals surface area contributed by atoms with Crippen molar-refractivity contribution in [3.8, 4) is 11.5 Å². The van der Waals surface area contributed by atoms with Crippen molar-refractivity contribution in [2.75, 3.05) is 10.0 Å². The molecule has 8 heteroatoms. The minimum absolute atomic E-state index is 0.0461. The van der Waals surface area contributed by atoms with Gasteiger partial charge in [0.15, 0.2) is 5.75 Å². The molecule has 0 fully saturated rings. The first-order valence-electron chi connectivity index (χ1n) is 8.35. The van der Waals surface area contributed by atoms with E-state index in [4.69, 9.17) is 16.3 Å². The number of sulfonamides is 1. The van der Waals surface area contributed by atoms with Gasteiger partial charge in [0, 0.05) is 5.69 Å². The number of fused-ring (bicyclic) bond motifs is 2. The molecule has 0 atom stereocenters. The molecule has 0 bridgehead atoms. The van der Waals surface area contributed by atoms with E-state index in [1.54, 1.807) is 30.3 Å². The fourth-order valence-corrected chi connectivity index (χ4v) is 4.44. The highest BCUT2D eigenvalue weighted by Gasteiger charge is 2.23. The lowest BCUT2D eigenvalue weighted by Gasteiger charge is -2.12. The van der Waals surface area contributed by atoms with E-state index in [0.717, 1.165) is 5.56 Å². The zero-order valence-electron chi connectivity index (χ0n) is 14.7. The lowest BCUT2D eigenvalue weighted by atomic mass is 10.1. The molecule has 28 heavy (non-hydrogen) atoms. The fourth-order valence-electron chi connectivity index (χ4n) is 2.87. The number of ether oxygens (including phenoxy) is 1. The number of hydrogen-bond acceptors (Lipinski definition) is 4. The number of anilines is 2. The third-order valence-electron chi connectivity index (χ3n) is 4.21. The molecule has 0 saturated heterocycles. The highest BCUT2D eigenvalue weighted by Crippen LogP contribution is 2.37. The van der Waals surface area contributed by atoms with Gasteiger partial charge >= 0.3 is 0 Å². The molecule has 2 N–H and O–H groups in total. The van der Waals surface area contributed by atoms with Gasteiger partial charge in [-0.1, -0.05) is 29.8 Å². The second-order valence-electron chi connectivity index (χ2n) is 6.30. The Balaban J connectivity index is 1.69. The molecule has 142 valence electrons. The van der Waals surface area contributed by atoms with E-state index >= 15 is 0 Å². The first-order valence-corrected chi connectivity index (χ1v) is 10.2. The molecular weight excluding hydrogens is 400 g/mol. The van der Waals surface area contributed by atoms with Gasteiger partial charge in [-0.05, 0) is 55.0 Å². The third kappa shape index (κ3) is 3.42. The molecule has 6 nitrogen and oxygen atoms in total. The van der Waals surface area contributed by atoms with Gasteiger partial charge in [0.2, 0.25) is 0 Å². The average molecular weight is 415 g/mol. The van der Waals surface area contributed by atoms with Crippen molar-refractivity contribution >= 4 is 38.9 Å². The largest absolute Gasteiger partial charge is 0.454 e. The summed E-state index contributed by atoms with van der Waals surface area (Å²) in [4.78, 5) is 12.6. The summed E-state index contributed by atoms with van der Waals surface area (Å²) < 4.78 is 33.5. The minimum Gasteiger partial charge on any atom is -0.454 e. The second-order valence-corrected chi connectivity index (χ2v) is 8.36. The number of carbonyl (C=O) groups is 1. The third-order valence-corrected chi connectivity index (χ3v) is 6.09. The van der Waals surface area contributed by atoms with Crippen LogP contribution in [0.15, 0.2) is 65.6 Å². The molecule has 3 aromatic carbocycles. The van der Waals surface area contributed by atoms with Crippen LogP contribution in [0.2, 0.25) is 5.02 Å². The van der Waals surface area contributed by atoms with Crippen LogP contribution in [0, 0.1) is 6.92 Å². The smallest absolute Gasteiger partial charge is 0.263 e. The SMILES string of the molecule is Cc1ccc2c(c1)NC(=O)c1cc(NS(=O)(=O)c3ccccc3Cl)ccc1O2. The van der Waals surface area contributed by atoms with Crippen LogP contribution in [-0.2, 0) is 10.0 Å². The van der Waals surface area contributed by atoms with Gasteiger partial charge < -0.3 is 10.1 Å². The summed E-state index contributed by atoms with van der Waals surface area (Å²) in [5.41, 5.74) is 1.97. The number of halogens is 1. The Kier molecular flexibility index (Phi) is 4.49. The molecule has 0 aliphatic carbocycles. The monoisotopic (exact) mass is 414 g/mol. The van der Waals surface area contributed by atoms with Crippen LogP contribution in [0.25, 0.3) is 0 Å². The molecule has 0 unspecified atom stereocenters. The van der Waals surface area contributed by atoms with Crippen molar-refractivity contribution in [1.29, 1.82) is 0 Å². The van der Waals surface area contributed by atoms with Crippen LogP contribution in [0.1, 0.15) is 15.9 Å². The van der Waals surface area contributed by atoms with Gasteiger partial charge in [0.25, 0.3) is 15.9 Å². The number of benzene rings is 3. The first-order chi connectivity index (χ1) is 13.3. The molecular formula is C20H15ClN2O4S. The maximum Gasteiger partial charge on any atom is 0.263 e. The molecule has 3 aromatic rings. The topological polar surface area (TPSA) is 84.5 Å². The van der Waals surface area contributed by atoms with Crippen molar-refractivity contribution in [1.82, 2.24) is 0 Å². The van der Waals surface area contributed by atoms with Crippen molar-refractivity contribution < 1.29 is 17.9 Å². The van der Waals surface area contributed by atoms with Gasteiger partial charge in [-0.3, -0.25) is 9.52 Å². The zero-order valence-corrected chi connectivity index (χ0v) is 16.3. The molecule has 4 rings (SSSR count). The van der Waals surface area contributed by atoms with E-state index < -0.39 is 15.9 Å². The summed E-state index contributed by atoms with van der Waals surface area (Å²) in [7, 11) is -3.91. The van der Waals surface area contributed by atoms with Crippen LogP contribution in [0.5, 0.6) is 11.5 Å². The Morgan fingerprint density at radius 3 is 2.54 bits per heavy atom. The van der Waals surface area contributed by atoms with Crippen LogP contribution in [0.4, 0.5) is 11.4 Å². The standard InChI is InChI=1S/C20H15ClN2O4S/c1-12-6-8-18-16(10-12)22-20(24)14-11-13(7-9-17(14)27-18)23-28(25,26)19-5-3-2-4-15(19)21/h2-11,23H,1H3,(H,22,24). The number of amides is 1. The first kappa shape index (κ1) is 18.3. The summed E-state index contributed by atoms with van der Waals surface area (Å²) in [5.74, 6) is 0.459. The fraction of sp³-hybridized carbons (Fsp3) is 0.0500. The predicted molar refractivity (Wildman–Crippen MR) is 108 cm³/mol. The normalized spacial score (nSPS) is 12.9. The Bertz CT molecular complexity index is 1210. The van der Waals surface area contributed by atoms with E-state index in [9.17, 15) is 13.2 Å². The Morgan fingerprint density at radius 2 is 1.75 bits per heavy atom. The zero-order chi connectivity index (χ0) is 19.9. The Hall–Kier alpha value is -3.03. The van der Waals surface area contributed by atoms with Gasteiger partial charge in [0.05, 0.1) is 16.3 Å². The van der Waals surface area contributed by atoms with Gasteiger partial charge in [-0.2, -0.15) is 0 Å². The van der Waals surface area contributed by atoms with E-state index in [-0.39, 0.29) is 21.2 Å². The number of rotatable bonds is 3. The summed E-state index contributed by atoms with van der Waals surface area (Å²) in [6.45, 7) is 1.91. The number of aryl methyl sites for hydroxylation is 1. The molecule has 1 amide bonds. The van der Waals surface area contributed by atoms with Gasteiger partial charge in [-0.25, -0.2) is 8.42 Å². The molecule has 1 aliphatic rings. The lowest BCUT2D eigenvalue weighted by Crippen LogP contribution is -2.15. The number of nitrogens with one attached hydrogen (secondary N) is 2. The Morgan fingerprint density at radius 1 is 1.00 bits per heavy atom. The molecule has 0 spiro atoms. The van der Waals surface area contributed by atoms with Gasteiger partial charge in [0.1, 0.15) is 10.6 Å². The Labute approximate surface area is 167 Å². The predicted octanol–water partition coefficient (Wildman–Crippen LogP) is 4.81. The van der Waals surface area contributed by atoms with E-state index in [0.29, 0.717) is 17.2 Å². The number of carbonyl (C=O) groups excluding carboxylic acids is 1. The average Bonchev–Trinajstić information content (AvgIpc) is 2.77. The summed E-state index contributed by atoms with van der Waals surface area (Å²) in [6.07, 6.45) is 0. The summed E-state index contributed by atoms with van der Waals surface area (Å²) in [6, 6.07) is 16.1. The van der Waals surface area contributed by atoms with Gasteiger partial charge in [-0.15, -0.1) is 0 Å². The van der Waals surface area contributed by atoms with Crippen molar-refractivity contribution in [3.05, 3.63) is 76.8 Å². The maximum absolute atomic E-state index is 12.6. The van der Waals surface area contributed by atoms with E-state index in [1.807, 2.05) is 13.0 Å². The lowest BCUT2D eigenvalue weighted by molar-refractivity contribution is 0.102. The highest BCUT2D eigenvalue weighted by molar-refractivity contribution is 7.92. The van der Waals surface area contributed by atoms with Crippen LogP contribution < -0.4 is 14.8 Å². The summed E-state index contributed by atoms with van der Waals surface area (Å²) in [5, 5.41) is 2.90. The molecule has 0 saturated carbocycles. The molecule has 0 aromatic heterocycles. The van der Waals surface area contributed by atoms with E-state index in [1.165, 1.54) is 24.3 Å². The second kappa shape index (κ2) is 6.85. The summed E-state index contributed by atoms with van der Waals surface area (Å²) >= 11 is 6.00. The molecule has 0 radical (unpaired) electrons. The van der Waals surface area contributed by atoms with Crippen LogP contribution in [-0.4, -0.2) is 14.3 Å². The van der Waals surface area contributed by atoms with Crippen molar-refractivity contribution in [2.24, 2.45) is 0 Å². The number of hydrogen-bond donors (Lipinski definition) is 2. The molecule has 1 aliphatic heterocycles. The van der Waals surface area contributed by atoms with Crippen molar-refractivity contribution in [2.45, 2.75) is 11.8 Å². The quantitative estimate of drug-likeness (QED) is 0.644. The van der Waals surface area contributed by atoms with Crippen LogP contribution >= 0.6 is 11.6 Å². The molecule has 1 heterocycles. The minimum atomic E-state index is -3.91. The van der Waals surface area contributed by atoms with Crippen molar-refractivity contribution in [3.63, 3.8) is 0 Å². The highest BCUT2D eigenvalue weighted by atomic mass is 35.5. The maximum atomic E-state index is 12.6. The van der Waals surface area contributed by atoms with E-state index in [2.05, 4.69) is 10.0 Å².